The van der Waals surface area contributed by atoms with Crippen molar-refractivity contribution in [3.05, 3.63) is 39.3 Å². The number of carbonyl (C=O) groups excluding carboxylic acids is 1. The SMILES string of the molecule is CC(C)Oc1ccc(NC(=O)c2csc(CN)n2)cc1Cl.Cl. The van der Waals surface area contributed by atoms with E-state index in [-0.39, 0.29) is 24.4 Å². The average molecular weight is 362 g/mol. The van der Waals surface area contributed by atoms with E-state index in [9.17, 15) is 4.79 Å². The molecule has 1 heterocycles. The van der Waals surface area contributed by atoms with Crippen molar-refractivity contribution in [3.8, 4) is 5.75 Å². The number of benzene rings is 1. The van der Waals surface area contributed by atoms with E-state index in [2.05, 4.69) is 10.3 Å². The molecule has 8 heteroatoms. The van der Waals surface area contributed by atoms with Crippen molar-refractivity contribution in [2.45, 2.75) is 26.5 Å². The Morgan fingerprint density at radius 1 is 1.50 bits per heavy atom. The first-order chi connectivity index (χ1) is 9.99. The molecule has 1 aromatic carbocycles. The molecule has 0 radical (unpaired) electrons. The number of aromatic nitrogens is 1. The van der Waals surface area contributed by atoms with Crippen molar-refractivity contribution in [1.29, 1.82) is 0 Å². The zero-order valence-electron chi connectivity index (χ0n) is 12.1. The number of ether oxygens (including phenoxy) is 1. The van der Waals surface area contributed by atoms with Crippen molar-refractivity contribution < 1.29 is 9.53 Å². The van der Waals surface area contributed by atoms with E-state index in [1.165, 1.54) is 11.3 Å². The minimum absolute atomic E-state index is 0. The van der Waals surface area contributed by atoms with Crippen molar-refractivity contribution in [1.82, 2.24) is 4.98 Å². The van der Waals surface area contributed by atoms with Gasteiger partial charge >= 0.3 is 0 Å². The molecule has 0 saturated carbocycles. The standard InChI is InChI=1S/C14H16ClN3O2S.ClH/c1-8(2)20-12-4-3-9(5-10(12)15)17-14(19)11-7-21-13(6-16)18-11;/h3-5,7-8H,6,16H2,1-2H3,(H,17,19);1H. The van der Waals surface area contributed by atoms with E-state index in [0.717, 1.165) is 5.01 Å². The number of hydrogen-bond acceptors (Lipinski definition) is 5. The maximum Gasteiger partial charge on any atom is 0.275 e. The van der Waals surface area contributed by atoms with E-state index in [4.69, 9.17) is 22.1 Å². The number of hydrogen-bond donors (Lipinski definition) is 2. The Bertz CT molecular complexity index is 647. The summed E-state index contributed by atoms with van der Waals surface area (Å²) in [6, 6.07) is 5.11. The van der Waals surface area contributed by atoms with Gasteiger partial charge in [0.05, 0.1) is 11.1 Å². The summed E-state index contributed by atoms with van der Waals surface area (Å²) in [5.74, 6) is 0.295. The summed E-state index contributed by atoms with van der Waals surface area (Å²) in [6.45, 7) is 4.16. The average Bonchev–Trinajstić information content (AvgIpc) is 2.90. The van der Waals surface area contributed by atoms with Crippen LogP contribution in [0, 0.1) is 0 Å². The van der Waals surface area contributed by atoms with E-state index in [0.29, 0.717) is 28.7 Å². The number of anilines is 1. The Labute approximate surface area is 144 Å². The number of nitrogens with two attached hydrogens (primary N) is 1. The zero-order chi connectivity index (χ0) is 15.4. The number of carbonyl (C=O) groups is 1. The van der Waals surface area contributed by atoms with Gasteiger partial charge in [-0.25, -0.2) is 4.98 Å². The summed E-state index contributed by atoms with van der Waals surface area (Å²) in [5, 5.41) is 5.59. The van der Waals surface area contributed by atoms with Crippen LogP contribution in [0.1, 0.15) is 29.3 Å². The number of halogens is 2. The highest BCUT2D eigenvalue weighted by Crippen LogP contribution is 2.28. The van der Waals surface area contributed by atoms with Gasteiger partial charge in [-0.2, -0.15) is 0 Å². The van der Waals surface area contributed by atoms with Crippen molar-refractivity contribution in [3.63, 3.8) is 0 Å². The number of amides is 1. The van der Waals surface area contributed by atoms with Crippen molar-refractivity contribution in [2.75, 3.05) is 5.32 Å². The maximum atomic E-state index is 12.0. The molecular formula is C14H17Cl2N3O2S. The van der Waals surface area contributed by atoms with Gasteiger partial charge in [-0.05, 0) is 32.0 Å². The molecular weight excluding hydrogens is 345 g/mol. The molecule has 120 valence electrons. The van der Waals surface area contributed by atoms with Crippen LogP contribution >= 0.6 is 35.3 Å². The van der Waals surface area contributed by atoms with Crippen LogP contribution in [0.4, 0.5) is 5.69 Å². The van der Waals surface area contributed by atoms with Gasteiger partial charge in [-0.3, -0.25) is 4.79 Å². The molecule has 0 aliphatic carbocycles. The van der Waals surface area contributed by atoms with Crippen LogP contribution in [-0.2, 0) is 6.54 Å². The number of rotatable bonds is 5. The Morgan fingerprint density at radius 3 is 2.77 bits per heavy atom. The van der Waals surface area contributed by atoms with E-state index >= 15 is 0 Å². The van der Waals surface area contributed by atoms with E-state index in [1.54, 1.807) is 23.6 Å². The molecule has 0 spiro atoms. The Hall–Kier alpha value is -1.34. The molecule has 0 fully saturated rings. The number of thiazole rings is 1. The smallest absolute Gasteiger partial charge is 0.275 e. The minimum atomic E-state index is -0.292. The second-order valence-corrected chi connectivity index (χ2v) is 5.95. The lowest BCUT2D eigenvalue weighted by Gasteiger charge is -2.12. The van der Waals surface area contributed by atoms with E-state index in [1.807, 2.05) is 13.8 Å². The second-order valence-electron chi connectivity index (χ2n) is 4.60. The third-order valence-corrected chi connectivity index (χ3v) is 3.68. The predicted octanol–water partition coefficient (Wildman–Crippen LogP) is 3.72. The Kier molecular flexibility index (Phi) is 7.09. The van der Waals surface area contributed by atoms with Gasteiger partial charge in [0.2, 0.25) is 0 Å². The monoisotopic (exact) mass is 361 g/mol. The van der Waals surface area contributed by atoms with Crippen LogP contribution in [0.5, 0.6) is 5.75 Å². The fourth-order valence-corrected chi connectivity index (χ4v) is 2.51. The first-order valence-electron chi connectivity index (χ1n) is 6.41. The second kappa shape index (κ2) is 8.33. The first kappa shape index (κ1) is 18.7. The molecule has 1 amide bonds. The lowest BCUT2D eigenvalue weighted by Crippen LogP contribution is -2.13. The Morgan fingerprint density at radius 2 is 2.23 bits per heavy atom. The zero-order valence-corrected chi connectivity index (χ0v) is 14.5. The molecule has 5 nitrogen and oxygen atoms in total. The van der Waals surface area contributed by atoms with Crippen molar-refractivity contribution >= 4 is 46.9 Å². The molecule has 0 saturated heterocycles. The quantitative estimate of drug-likeness (QED) is 0.850. The number of nitrogens with one attached hydrogen (secondary N) is 1. The highest BCUT2D eigenvalue weighted by molar-refractivity contribution is 7.09. The van der Waals surface area contributed by atoms with Gasteiger partial charge < -0.3 is 15.8 Å². The highest BCUT2D eigenvalue weighted by atomic mass is 35.5. The minimum Gasteiger partial charge on any atom is -0.489 e. The molecule has 2 rings (SSSR count). The molecule has 1 aromatic heterocycles. The summed E-state index contributed by atoms with van der Waals surface area (Å²) >= 11 is 7.48. The molecule has 0 unspecified atom stereocenters. The fourth-order valence-electron chi connectivity index (χ4n) is 1.63. The fraction of sp³-hybridized carbons (Fsp3) is 0.286. The normalized spacial score (nSPS) is 10.2. The summed E-state index contributed by atoms with van der Waals surface area (Å²) in [7, 11) is 0. The van der Waals surface area contributed by atoms with Crippen LogP contribution in [0.25, 0.3) is 0 Å². The topological polar surface area (TPSA) is 77.2 Å². The first-order valence-corrected chi connectivity index (χ1v) is 7.67. The largest absolute Gasteiger partial charge is 0.489 e. The molecule has 0 aliphatic rings. The van der Waals surface area contributed by atoms with Crippen LogP contribution < -0.4 is 15.8 Å². The molecule has 0 atom stereocenters. The molecule has 22 heavy (non-hydrogen) atoms. The van der Waals surface area contributed by atoms with Gasteiger partial charge in [-0.15, -0.1) is 23.7 Å². The third kappa shape index (κ3) is 4.84. The summed E-state index contributed by atoms with van der Waals surface area (Å²) < 4.78 is 5.54. The van der Waals surface area contributed by atoms with Gasteiger partial charge in [0.1, 0.15) is 16.5 Å². The number of nitrogens with zero attached hydrogens (tertiary/aromatic N) is 1. The molecule has 0 bridgehead atoms. The summed E-state index contributed by atoms with van der Waals surface area (Å²) in [6.07, 6.45) is 0.0348. The lowest BCUT2D eigenvalue weighted by atomic mass is 10.3. The molecule has 3 N–H and O–H groups in total. The van der Waals surface area contributed by atoms with Crippen LogP contribution in [0.2, 0.25) is 5.02 Å². The highest BCUT2D eigenvalue weighted by Gasteiger charge is 2.12. The summed E-state index contributed by atoms with van der Waals surface area (Å²) in [5.41, 5.74) is 6.41. The third-order valence-electron chi connectivity index (χ3n) is 2.51. The maximum absolute atomic E-state index is 12.0. The van der Waals surface area contributed by atoms with Gasteiger partial charge in [0.15, 0.2) is 0 Å². The van der Waals surface area contributed by atoms with E-state index < -0.39 is 0 Å². The van der Waals surface area contributed by atoms with Gasteiger partial charge in [0, 0.05) is 17.6 Å². The predicted molar refractivity (Wildman–Crippen MR) is 92.4 cm³/mol. The molecule has 0 aliphatic heterocycles. The van der Waals surface area contributed by atoms with Crippen LogP contribution in [0.3, 0.4) is 0 Å². The lowest BCUT2D eigenvalue weighted by molar-refractivity contribution is 0.102. The van der Waals surface area contributed by atoms with Crippen molar-refractivity contribution in [2.24, 2.45) is 5.73 Å². The molecule has 2 aromatic rings. The summed E-state index contributed by atoms with van der Waals surface area (Å²) in [4.78, 5) is 16.2. The van der Waals surface area contributed by atoms with Crippen LogP contribution in [0.15, 0.2) is 23.6 Å². The van der Waals surface area contributed by atoms with Gasteiger partial charge in [-0.1, -0.05) is 11.6 Å². The van der Waals surface area contributed by atoms with Crippen LogP contribution in [-0.4, -0.2) is 17.0 Å². The Balaban J connectivity index is 0.00000242. The van der Waals surface area contributed by atoms with Gasteiger partial charge in [0.25, 0.3) is 5.91 Å².